The Morgan fingerprint density at radius 2 is 1.14 bits per heavy atom. The number of phenolic OH excluding ortho intramolecular Hbond substituents is 2. The number of rotatable bonds is 4. The Hall–Kier alpha value is -5.03. The molecule has 3 N–H and O–H groups in total. The summed E-state index contributed by atoms with van der Waals surface area (Å²) < 4.78 is 10.4. The van der Waals surface area contributed by atoms with Crippen LogP contribution < -0.4 is 15.6 Å². The predicted octanol–water partition coefficient (Wildman–Crippen LogP) is 2.27. The molecule has 11 heteroatoms. The van der Waals surface area contributed by atoms with Gasteiger partial charge in [-0.3, -0.25) is 14.4 Å². The van der Waals surface area contributed by atoms with Crippen LogP contribution in [0.2, 0.25) is 0 Å². The van der Waals surface area contributed by atoms with Gasteiger partial charge in [-0.2, -0.15) is 0 Å². The average Bonchev–Trinajstić information content (AvgIpc) is 3.38. The van der Waals surface area contributed by atoms with E-state index < -0.39 is 63.0 Å². The van der Waals surface area contributed by atoms with Crippen LogP contribution in [0.5, 0.6) is 17.2 Å². The summed E-state index contributed by atoms with van der Waals surface area (Å²) in [6.07, 6.45) is 2.22. The fourth-order valence-electron chi connectivity index (χ4n) is 4.86. The number of ketones is 2. The molecular weight excluding hydrogens is 596 g/mol. The maximum atomic E-state index is 13.1. The minimum absolute atomic E-state index is 0. The van der Waals surface area contributed by atoms with Crippen LogP contribution >= 0.6 is 0 Å². The molecule has 44 heavy (non-hydrogen) atoms. The molecule has 212 valence electrons. The van der Waals surface area contributed by atoms with Gasteiger partial charge in [-0.15, -0.1) is 0 Å². The summed E-state index contributed by atoms with van der Waals surface area (Å²) in [6, 6.07) is 19.5. The van der Waals surface area contributed by atoms with E-state index in [1.54, 1.807) is 60.7 Å². The van der Waals surface area contributed by atoms with E-state index in [2.05, 4.69) is 0 Å². The van der Waals surface area contributed by atoms with Gasteiger partial charge < -0.3 is 35.0 Å². The molecule has 0 fully saturated rings. The maximum Gasteiger partial charge on any atom is 2.00 e. The first-order chi connectivity index (χ1) is 20.6. The number of carbonyl (C=O) groups is 2. The zero-order valence-electron chi connectivity index (χ0n) is 22.6. The van der Waals surface area contributed by atoms with Gasteiger partial charge in [-0.1, -0.05) is 60.7 Å². The molecular formula is C33H18CaO10. The summed E-state index contributed by atoms with van der Waals surface area (Å²) in [5.41, 5.74) is -0.827. The Morgan fingerprint density at radius 1 is 0.636 bits per heavy atom. The molecule has 2 heterocycles. The average molecular weight is 615 g/mol. The Labute approximate surface area is 278 Å². The first-order valence-electron chi connectivity index (χ1n) is 12.7. The zero-order valence-corrected chi connectivity index (χ0v) is 24.8. The molecule has 0 unspecified atom stereocenters. The van der Waals surface area contributed by atoms with Gasteiger partial charge in [0.15, 0.2) is 17.2 Å². The summed E-state index contributed by atoms with van der Waals surface area (Å²) in [6.45, 7) is 0. The molecule has 0 amide bonds. The van der Waals surface area contributed by atoms with Crippen molar-refractivity contribution < 1.29 is 44.6 Å². The fourth-order valence-corrected chi connectivity index (χ4v) is 4.86. The summed E-state index contributed by atoms with van der Waals surface area (Å²) in [7, 11) is 0. The van der Waals surface area contributed by atoms with Gasteiger partial charge in [-0.05, 0) is 58.0 Å². The Balaban J connectivity index is 0.00000384. The van der Waals surface area contributed by atoms with Crippen LogP contribution in [0.25, 0.3) is 34.1 Å². The number of carbonyl (C=O) groups excluding carboxylic acids is 2. The monoisotopic (exact) mass is 614 g/mol. The van der Waals surface area contributed by atoms with Crippen molar-refractivity contribution >= 4 is 83.4 Å². The molecule has 10 nitrogen and oxygen atoms in total. The normalized spacial score (nSPS) is 16.5. The van der Waals surface area contributed by atoms with Crippen LogP contribution in [0.15, 0.2) is 107 Å². The second-order valence-electron chi connectivity index (χ2n) is 9.56. The van der Waals surface area contributed by atoms with Crippen LogP contribution in [0.3, 0.4) is 0 Å². The first kappa shape index (κ1) is 30.4. The van der Waals surface area contributed by atoms with Crippen molar-refractivity contribution in [3.8, 4) is 17.2 Å². The molecule has 0 spiro atoms. The molecule has 6 rings (SSSR count). The van der Waals surface area contributed by atoms with Crippen molar-refractivity contribution in [3.05, 3.63) is 135 Å². The van der Waals surface area contributed by atoms with Crippen LogP contribution in [-0.4, -0.2) is 64.6 Å². The number of fused-ring (bicyclic) bond motifs is 1. The number of allylic oxidation sites excluding steroid dienone is 2. The number of Topliss-reactive ketones (excluding diaryl/α,β-unsaturated/α-hetero) is 2. The summed E-state index contributed by atoms with van der Waals surface area (Å²) in [4.78, 5) is 39.1. The van der Waals surface area contributed by atoms with Crippen LogP contribution in [0.1, 0.15) is 22.3 Å². The van der Waals surface area contributed by atoms with Crippen LogP contribution in [0, 0.1) is 0 Å². The molecule has 0 saturated heterocycles. The minimum atomic E-state index is -1.01. The predicted molar refractivity (Wildman–Crippen MR) is 156 cm³/mol. The second-order valence-corrected chi connectivity index (χ2v) is 9.56. The van der Waals surface area contributed by atoms with Crippen molar-refractivity contribution in [1.29, 1.82) is 0 Å². The molecule has 0 saturated carbocycles. The Kier molecular flexibility index (Phi) is 8.25. The van der Waals surface area contributed by atoms with Crippen molar-refractivity contribution in [2.24, 2.45) is 0 Å². The molecule has 0 aliphatic carbocycles. The second kappa shape index (κ2) is 11.9. The zero-order chi connectivity index (χ0) is 30.4. The van der Waals surface area contributed by atoms with Gasteiger partial charge in [-0.25, -0.2) is 0 Å². The smallest absolute Gasteiger partial charge is 0.575 e. The van der Waals surface area contributed by atoms with Crippen molar-refractivity contribution in [3.63, 3.8) is 0 Å². The van der Waals surface area contributed by atoms with Gasteiger partial charge in [0.2, 0.25) is 17.0 Å². The SMILES string of the molecule is O=C1C(c2ccccc2)=C([O-])O/C1=C\c1cc(=O)c(O)c2c(O)c(O)cc(/C=C3\OC([O-])=C(c4ccccc4)C3=O)c2c1.[Ca+2]. The maximum absolute atomic E-state index is 13.1. The van der Waals surface area contributed by atoms with E-state index in [-0.39, 0.29) is 65.4 Å². The van der Waals surface area contributed by atoms with Gasteiger partial charge in [0.1, 0.15) is 0 Å². The standard InChI is InChI=1S/C33H20O10.Ca/c34-21-12-16(13-23-30(38)25(32(40)42-23)17-7-3-1-4-8-17)11-20-19(14-22(35)29(37)27(20)28(21)36)15-24-31(39)26(33(41)43-24)18-9-5-2-6-10-18;/h1-15,35,37,40-41H,(H,34,36);/q;+2/p-2/b23-13-,24-15-;. The molecule has 4 aromatic carbocycles. The number of hydrogen-bond acceptors (Lipinski definition) is 10. The van der Waals surface area contributed by atoms with Crippen molar-refractivity contribution in [1.82, 2.24) is 0 Å². The largest absolute Gasteiger partial charge is 2.00 e. The van der Waals surface area contributed by atoms with E-state index in [0.717, 1.165) is 24.3 Å². The minimum Gasteiger partial charge on any atom is -0.575 e. The summed E-state index contributed by atoms with van der Waals surface area (Å²) in [5.74, 6) is -6.62. The van der Waals surface area contributed by atoms with Crippen molar-refractivity contribution in [2.75, 3.05) is 0 Å². The van der Waals surface area contributed by atoms with Gasteiger partial charge in [0.25, 0.3) is 0 Å². The molecule has 0 bridgehead atoms. The third-order valence-electron chi connectivity index (χ3n) is 6.86. The summed E-state index contributed by atoms with van der Waals surface area (Å²) >= 11 is 0. The molecule has 0 aromatic heterocycles. The number of hydrogen-bond donors (Lipinski definition) is 3. The summed E-state index contributed by atoms with van der Waals surface area (Å²) in [5, 5.41) is 56.3. The van der Waals surface area contributed by atoms with E-state index >= 15 is 0 Å². The van der Waals surface area contributed by atoms with Crippen LogP contribution in [-0.2, 0) is 19.1 Å². The Bertz CT molecular complexity index is 2060. The number of ether oxygens (including phenoxy) is 2. The molecule has 0 radical (unpaired) electrons. The molecule has 0 atom stereocenters. The molecule has 4 aromatic rings. The number of phenols is 2. The Morgan fingerprint density at radius 3 is 1.66 bits per heavy atom. The van der Waals surface area contributed by atoms with Gasteiger partial charge in [0.05, 0.1) is 39.9 Å². The number of aromatic hydroxyl groups is 3. The van der Waals surface area contributed by atoms with E-state index in [1.165, 1.54) is 6.07 Å². The van der Waals surface area contributed by atoms with Crippen molar-refractivity contribution in [2.45, 2.75) is 0 Å². The third-order valence-corrected chi connectivity index (χ3v) is 6.86. The van der Waals surface area contributed by atoms with E-state index in [0.29, 0.717) is 11.1 Å². The third kappa shape index (κ3) is 5.30. The van der Waals surface area contributed by atoms with Gasteiger partial charge in [0, 0.05) is 0 Å². The van der Waals surface area contributed by atoms with E-state index in [9.17, 15) is 39.9 Å². The van der Waals surface area contributed by atoms with Crippen LogP contribution in [0.4, 0.5) is 0 Å². The van der Waals surface area contributed by atoms with E-state index in [4.69, 9.17) is 9.47 Å². The van der Waals surface area contributed by atoms with Gasteiger partial charge >= 0.3 is 37.7 Å². The topological polar surface area (TPSA) is 176 Å². The molecule has 2 aliphatic heterocycles. The first-order valence-corrected chi connectivity index (χ1v) is 12.7. The number of benzene rings is 3. The fraction of sp³-hybridized carbons (Fsp3) is 0. The van der Waals surface area contributed by atoms with E-state index in [1.807, 2.05) is 0 Å². The molecule has 2 aliphatic rings. The quantitative estimate of drug-likeness (QED) is 0.176.